The molecule has 3 aromatic rings. The van der Waals surface area contributed by atoms with Gasteiger partial charge in [0.15, 0.2) is 0 Å². The molecule has 1 atom stereocenters. The van der Waals surface area contributed by atoms with Crippen LogP contribution in [0.2, 0.25) is 0 Å². The van der Waals surface area contributed by atoms with Crippen LogP contribution < -0.4 is 0 Å². The molecule has 1 fully saturated rings. The quantitative estimate of drug-likeness (QED) is 0.795. The average molecular weight is 334 g/mol. The van der Waals surface area contributed by atoms with Gasteiger partial charge in [0, 0.05) is 30.7 Å². The molecule has 1 N–H and O–H groups in total. The van der Waals surface area contributed by atoms with Crippen LogP contribution in [0.3, 0.4) is 0 Å². The minimum Gasteiger partial charge on any atom is -0.329 e. The number of aromatic nitrogens is 5. The van der Waals surface area contributed by atoms with Crippen LogP contribution in [0, 0.1) is 6.92 Å². The van der Waals surface area contributed by atoms with Gasteiger partial charge in [0.2, 0.25) is 0 Å². The van der Waals surface area contributed by atoms with Crippen LogP contribution >= 0.6 is 0 Å². The highest BCUT2D eigenvalue weighted by Gasteiger charge is 2.32. The smallest absolute Gasteiger partial charge is 0.272 e. The number of hydrogen-bond acceptors (Lipinski definition) is 5. The summed E-state index contributed by atoms with van der Waals surface area (Å²) in [6.07, 6.45) is 8.76. The summed E-state index contributed by atoms with van der Waals surface area (Å²) in [5.74, 6) is -0.0616. The molecule has 1 saturated heterocycles. The van der Waals surface area contributed by atoms with Gasteiger partial charge >= 0.3 is 0 Å². The third-order valence-electron chi connectivity index (χ3n) is 4.39. The van der Waals surface area contributed by atoms with E-state index in [-0.39, 0.29) is 11.9 Å². The van der Waals surface area contributed by atoms with E-state index in [4.69, 9.17) is 0 Å². The van der Waals surface area contributed by atoms with E-state index >= 15 is 0 Å². The van der Waals surface area contributed by atoms with Crippen LogP contribution in [0.25, 0.3) is 11.3 Å². The number of carbonyl (C=O) groups excluding carboxylic acids is 1. The number of nitrogens with zero attached hydrogens (tertiary/aromatic N) is 5. The first-order valence-corrected chi connectivity index (χ1v) is 8.28. The summed E-state index contributed by atoms with van der Waals surface area (Å²) in [6, 6.07) is 5.50. The Kier molecular flexibility index (Phi) is 3.97. The standard InChI is InChI=1S/C18H18N6O/c1-12-9-20-11-16(21-12)17-5-3-7-24(17)18(25)15-8-14(22-23-15)13-4-2-6-19-10-13/h2,4,6,8-11,17H,3,5,7H2,1H3,(H,22,23)/t17-/m0/s1. The lowest BCUT2D eigenvalue weighted by Gasteiger charge is -2.23. The molecule has 0 aromatic carbocycles. The van der Waals surface area contributed by atoms with E-state index in [1.54, 1.807) is 30.9 Å². The number of pyridine rings is 1. The fraction of sp³-hybridized carbons (Fsp3) is 0.278. The Bertz CT molecular complexity index is 891. The molecule has 25 heavy (non-hydrogen) atoms. The molecule has 0 aliphatic carbocycles. The first kappa shape index (κ1) is 15.4. The predicted molar refractivity (Wildman–Crippen MR) is 91.6 cm³/mol. The number of aryl methyl sites for hydroxylation is 1. The second-order valence-corrected chi connectivity index (χ2v) is 6.15. The molecule has 4 heterocycles. The maximum absolute atomic E-state index is 13.0. The van der Waals surface area contributed by atoms with Crippen molar-refractivity contribution in [1.29, 1.82) is 0 Å². The molecule has 3 aromatic heterocycles. The van der Waals surface area contributed by atoms with Crippen molar-refractivity contribution < 1.29 is 4.79 Å². The Morgan fingerprint density at radius 3 is 3.00 bits per heavy atom. The molecule has 1 aliphatic rings. The van der Waals surface area contributed by atoms with Gasteiger partial charge in [0.25, 0.3) is 5.91 Å². The molecule has 4 rings (SSSR count). The molecule has 7 nitrogen and oxygen atoms in total. The van der Waals surface area contributed by atoms with E-state index in [9.17, 15) is 4.79 Å². The maximum atomic E-state index is 13.0. The Labute approximate surface area is 145 Å². The fourth-order valence-electron chi connectivity index (χ4n) is 3.21. The van der Waals surface area contributed by atoms with Crippen molar-refractivity contribution in [3.8, 4) is 11.3 Å². The van der Waals surface area contributed by atoms with Gasteiger partial charge in [-0.15, -0.1) is 0 Å². The number of H-pyrrole nitrogens is 1. The monoisotopic (exact) mass is 334 g/mol. The second kappa shape index (κ2) is 6.43. The van der Waals surface area contributed by atoms with Crippen molar-refractivity contribution in [2.45, 2.75) is 25.8 Å². The molecule has 0 bridgehead atoms. The second-order valence-electron chi connectivity index (χ2n) is 6.15. The number of carbonyl (C=O) groups is 1. The molecular weight excluding hydrogens is 316 g/mol. The molecule has 0 spiro atoms. The zero-order chi connectivity index (χ0) is 17.2. The van der Waals surface area contributed by atoms with Crippen molar-refractivity contribution in [2.75, 3.05) is 6.54 Å². The Morgan fingerprint density at radius 1 is 1.28 bits per heavy atom. The minimum absolute atomic E-state index is 0.0370. The Hall–Kier alpha value is -3.09. The van der Waals surface area contributed by atoms with Gasteiger partial charge in [-0.25, -0.2) is 0 Å². The van der Waals surface area contributed by atoms with Crippen LogP contribution in [-0.2, 0) is 0 Å². The number of likely N-dealkylation sites (tertiary alicyclic amines) is 1. The topological polar surface area (TPSA) is 87.7 Å². The highest BCUT2D eigenvalue weighted by atomic mass is 16.2. The molecule has 0 radical (unpaired) electrons. The number of nitrogens with one attached hydrogen (secondary N) is 1. The van der Waals surface area contributed by atoms with Gasteiger partial charge in [-0.05, 0) is 38.0 Å². The van der Waals surface area contributed by atoms with Crippen molar-refractivity contribution in [3.63, 3.8) is 0 Å². The van der Waals surface area contributed by atoms with E-state index in [2.05, 4.69) is 25.1 Å². The van der Waals surface area contributed by atoms with Gasteiger partial charge in [0.05, 0.1) is 29.3 Å². The summed E-state index contributed by atoms with van der Waals surface area (Å²) in [5.41, 5.74) is 3.77. The zero-order valence-corrected chi connectivity index (χ0v) is 13.9. The minimum atomic E-state index is -0.0616. The highest BCUT2D eigenvalue weighted by molar-refractivity contribution is 5.93. The largest absolute Gasteiger partial charge is 0.329 e. The van der Waals surface area contributed by atoms with Crippen LogP contribution in [0.15, 0.2) is 43.0 Å². The van der Waals surface area contributed by atoms with Crippen molar-refractivity contribution in [3.05, 3.63) is 60.1 Å². The van der Waals surface area contributed by atoms with E-state index in [0.717, 1.165) is 29.8 Å². The Morgan fingerprint density at radius 2 is 2.20 bits per heavy atom. The van der Waals surface area contributed by atoms with Crippen molar-refractivity contribution >= 4 is 5.91 Å². The fourth-order valence-corrected chi connectivity index (χ4v) is 3.21. The van der Waals surface area contributed by atoms with Gasteiger partial charge in [-0.2, -0.15) is 5.10 Å². The SMILES string of the molecule is Cc1cncc([C@@H]2CCCN2C(=O)c2cc(-c3cccnc3)n[nH]2)n1. The molecular formula is C18H18N6O. The summed E-state index contributed by atoms with van der Waals surface area (Å²) in [6.45, 7) is 2.62. The number of rotatable bonds is 3. The van der Waals surface area contributed by atoms with Crippen LogP contribution in [0.5, 0.6) is 0 Å². The molecule has 1 aliphatic heterocycles. The van der Waals surface area contributed by atoms with Crippen LogP contribution in [-0.4, -0.2) is 42.5 Å². The third kappa shape index (κ3) is 3.00. The summed E-state index contributed by atoms with van der Waals surface area (Å²) in [4.78, 5) is 27.6. The van der Waals surface area contributed by atoms with Crippen molar-refractivity contribution in [2.24, 2.45) is 0 Å². The van der Waals surface area contributed by atoms with E-state index < -0.39 is 0 Å². The lowest BCUT2D eigenvalue weighted by Crippen LogP contribution is -2.31. The third-order valence-corrected chi connectivity index (χ3v) is 4.39. The lowest BCUT2D eigenvalue weighted by molar-refractivity contribution is 0.0726. The van der Waals surface area contributed by atoms with Gasteiger partial charge in [0.1, 0.15) is 5.69 Å². The molecule has 0 unspecified atom stereocenters. The predicted octanol–water partition coefficient (Wildman–Crippen LogP) is 2.55. The van der Waals surface area contributed by atoms with Gasteiger partial charge < -0.3 is 4.90 Å². The first-order valence-electron chi connectivity index (χ1n) is 8.28. The van der Waals surface area contributed by atoms with Gasteiger partial charge in [-0.1, -0.05) is 0 Å². The van der Waals surface area contributed by atoms with Gasteiger partial charge in [-0.3, -0.25) is 24.8 Å². The molecule has 0 saturated carbocycles. The molecule has 126 valence electrons. The highest BCUT2D eigenvalue weighted by Crippen LogP contribution is 2.32. The zero-order valence-electron chi connectivity index (χ0n) is 13.9. The summed E-state index contributed by atoms with van der Waals surface area (Å²) < 4.78 is 0. The summed E-state index contributed by atoms with van der Waals surface area (Å²) >= 11 is 0. The van der Waals surface area contributed by atoms with Crippen LogP contribution in [0.4, 0.5) is 0 Å². The maximum Gasteiger partial charge on any atom is 0.272 e. The molecule has 1 amide bonds. The normalized spacial score (nSPS) is 17.0. The lowest BCUT2D eigenvalue weighted by atomic mass is 10.1. The number of hydrogen-bond donors (Lipinski definition) is 1. The molecule has 7 heteroatoms. The Balaban J connectivity index is 1.59. The van der Waals surface area contributed by atoms with E-state index in [1.807, 2.05) is 24.0 Å². The number of amides is 1. The van der Waals surface area contributed by atoms with E-state index in [0.29, 0.717) is 17.9 Å². The number of aromatic amines is 1. The summed E-state index contributed by atoms with van der Waals surface area (Å²) in [5, 5.41) is 7.11. The summed E-state index contributed by atoms with van der Waals surface area (Å²) in [7, 11) is 0. The van der Waals surface area contributed by atoms with Crippen molar-refractivity contribution in [1.82, 2.24) is 30.0 Å². The first-order chi connectivity index (χ1) is 12.2. The average Bonchev–Trinajstić information content (AvgIpc) is 3.32. The van der Waals surface area contributed by atoms with Crippen LogP contribution in [0.1, 0.15) is 40.8 Å². The van der Waals surface area contributed by atoms with E-state index in [1.165, 1.54) is 0 Å².